The Kier molecular flexibility index (Phi) is 6.10. The van der Waals surface area contributed by atoms with Crippen LogP contribution in [0.3, 0.4) is 0 Å². The van der Waals surface area contributed by atoms with Gasteiger partial charge in [0.1, 0.15) is 12.4 Å². The number of nitrogens with zero attached hydrogens (tertiary/aromatic N) is 3. The number of hydrogen-bond donors (Lipinski definition) is 1. The molecule has 0 aliphatic carbocycles. The molecule has 2 heterocycles. The van der Waals surface area contributed by atoms with Crippen molar-refractivity contribution in [2.24, 2.45) is 0 Å². The lowest BCUT2D eigenvalue weighted by Gasteiger charge is -2.21. The van der Waals surface area contributed by atoms with Gasteiger partial charge in [-0.3, -0.25) is 0 Å². The molecule has 0 unspecified atom stereocenters. The number of anilines is 1. The SMILES string of the molecule is CCN(CC)c1ncc(Cl)c2c1c1cc(OC)c(OCc3ccccc3)cc1n2C(=O)O. The van der Waals surface area contributed by atoms with E-state index >= 15 is 0 Å². The molecule has 0 saturated heterocycles. The fourth-order valence-electron chi connectivity index (χ4n) is 3.96. The zero-order valence-electron chi connectivity index (χ0n) is 18.1. The molecule has 4 rings (SSSR count). The highest BCUT2D eigenvalue weighted by molar-refractivity contribution is 6.37. The van der Waals surface area contributed by atoms with E-state index in [-0.39, 0.29) is 5.02 Å². The maximum absolute atomic E-state index is 12.3. The summed E-state index contributed by atoms with van der Waals surface area (Å²) in [6, 6.07) is 13.2. The van der Waals surface area contributed by atoms with Gasteiger partial charge in [-0.1, -0.05) is 41.9 Å². The molecule has 8 heteroatoms. The van der Waals surface area contributed by atoms with Crippen molar-refractivity contribution in [3.05, 3.63) is 59.2 Å². The molecule has 2 aromatic carbocycles. The van der Waals surface area contributed by atoms with Crippen molar-refractivity contribution in [2.75, 3.05) is 25.1 Å². The summed E-state index contributed by atoms with van der Waals surface area (Å²) in [5.41, 5.74) is 1.84. The van der Waals surface area contributed by atoms with Crippen molar-refractivity contribution >= 4 is 45.3 Å². The normalized spacial score (nSPS) is 11.1. The molecule has 32 heavy (non-hydrogen) atoms. The van der Waals surface area contributed by atoms with Gasteiger partial charge in [0.05, 0.1) is 34.7 Å². The minimum absolute atomic E-state index is 0.264. The Morgan fingerprint density at radius 3 is 2.50 bits per heavy atom. The van der Waals surface area contributed by atoms with Crippen LogP contribution in [0, 0.1) is 0 Å². The average Bonchev–Trinajstić information content (AvgIpc) is 3.15. The third-order valence-electron chi connectivity index (χ3n) is 5.49. The van der Waals surface area contributed by atoms with E-state index in [1.807, 2.05) is 44.2 Å². The third kappa shape index (κ3) is 3.69. The highest BCUT2D eigenvalue weighted by Gasteiger charge is 2.25. The smallest absolute Gasteiger partial charge is 0.416 e. The third-order valence-corrected chi connectivity index (χ3v) is 5.77. The molecular weight excluding hydrogens is 430 g/mol. The van der Waals surface area contributed by atoms with E-state index in [1.165, 1.54) is 10.8 Å². The van der Waals surface area contributed by atoms with Gasteiger partial charge in [0, 0.05) is 24.5 Å². The van der Waals surface area contributed by atoms with Gasteiger partial charge >= 0.3 is 6.09 Å². The predicted molar refractivity (Wildman–Crippen MR) is 127 cm³/mol. The summed E-state index contributed by atoms with van der Waals surface area (Å²) in [4.78, 5) is 18.9. The number of carbonyl (C=O) groups is 1. The van der Waals surface area contributed by atoms with Crippen molar-refractivity contribution in [1.29, 1.82) is 0 Å². The van der Waals surface area contributed by atoms with E-state index in [2.05, 4.69) is 9.88 Å². The molecule has 0 spiro atoms. The maximum Gasteiger partial charge on any atom is 0.416 e. The molecule has 0 aliphatic heterocycles. The molecular formula is C24H24ClN3O4. The number of benzene rings is 2. The summed E-state index contributed by atoms with van der Waals surface area (Å²) in [5.74, 6) is 1.63. The molecule has 2 aromatic heterocycles. The molecule has 4 aromatic rings. The van der Waals surface area contributed by atoms with E-state index in [9.17, 15) is 9.90 Å². The maximum atomic E-state index is 12.3. The molecule has 0 amide bonds. The van der Waals surface area contributed by atoms with Gasteiger partial charge in [-0.05, 0) is 25.5 Å². The summed E-state index contributed by atoms with van der Waals surface area (Å²) in [5, 5.41) is 11.7. The van der Waals surface area contributed by atoms with Gasteiger partial charge in [0.15, 0.2) is 11.5 Å². The lowest BCUT2D eigenvalue weighted by atomic mass is 10.1. The first-order valence-corrected chi connectivity index (χ1v) is 10.7. The fraction of sp³-hybridized carbons (Fsp3) is 0.250. The van der Waals surface area contributed by atoms with E-state index in [0.717, 1.165) is 18.7 Å². The number of pyridine rings is 1. The van der Waals surface area contributed by atoms with Crippen LogP contribution in [-0.4, -0.2) is 41.0 Å². The number of aromatic nitrogens is 2. The van der Waals surface area contributed by atoms with Crippen molar-refractivity contribution in [3.63, 3.8) is 0 Å². The van der Waals surface area contributed by atoms with Crippen LogP contribution in [0.1, 0.15) is 19.4 Å². The lowest BCUT2D eigenvalue weighted by molar-refractivity contribution is 0.198. The highest BCUT2D eigenvalue weighted by Crippen LogP contribution is 2.43. The van der Waals surface area contributed by atoms with E-state index in [1.54, 1.807) is 19.2 Å². The monoisotopic (exact) mass is 453 g/mol. The van der Waals surface area contributed by atoms with Crippen molar-refractivity contribution in [3.8, 4) is 11.5 Å². The minimum atomic E-state index is -1.14. The van der Waals surface area contributed by atoms with Gasteiger partial charge in [0.25, 0.3) is 0 Å². The summed E-state index contributed by atoms with van der Waals surface area (Å²) < 4.78 is 12.8. The molecule has 0 saturated carbocycles. The van der Waals surface area contributed by atoms with Gasteiger partial charge in [0.2, 0.25) is 0 Å². The van der Waals surface area contributed by atoms with Gasteiger partial charge in [-0.2, -0.15) is 0 Å². The Morgan fingerprint density at radius 1 is 1.16 bits per heavy atom. The highest BCUT2D eigenvalue weighted by atomic mass is 35.5. The first-order valence-electron chi connectivity index (χ1n) is 10.4. The first-order chi connectivity index (χ1) is 15.5. The van der Waals surface area contributed by atoms with E-state index in [0.29, 0.717) is 45.7 Å². The number of halogens is 1. The zero-order chi connectivity index (χ0) is 22.8. The Balaban J connectivity index is 1.98. The number of rotatable bonds is 7. The van der Waals surface area contributed by atoms with Crippen molar-refractivity contribution < 1.29 is 19.4 Å². The van der Waals surface area contributed by atoms with Gasteiger partial charge < -0.3 is 19.5 Å². The molecule has 0 atom stereocenters. The molecule has 0 bridgehead atoms. The first kappa shape index (κ1) is 21.8. The van der Waals surface area contributed by atoms with Crippen LogP contribution in [-0.2, 0) is 6.61 Å². The molecule has 166 valence electrons. The number of fused-ring (bicyclic) bond motifs is 3. The van der Waals surface area contributed by atoms with Crippen molar-refractivity contribution in [1.82, 2.24) is 9.55 Å². The number of methoxy groups -OCH3 is 1. The standard InChI is InChI=1S/C24H24ClN3O4/c1-4-27(5-2)23-21-16-11-19(31-3)20(32-14-15-9-7-6-8-10-15)12-18(16)28(24(29)30)22(21)17(25)13-26-23/h6-13H,4-5,14H2,1-3H3,(H,29,30). The van der Waals surface area contributed by atoms with Gasteiger partial charge in [-0.25, -0.2) is 14.3 Å². The van der Waals surface area contributed by atoms with Crippen LogP contribution in [0.25, 0.3) is 21.8 Å². The second-order valence-corrected chi connectivity index (χ2v) is 7.65. The van der Waals surface area contributed by atoms with E-state index in [4.69, 9.17) is 21.1 Å². The Hall–Kier alpha value is -3.45. The van der Waals surface area contributed by atoms with Gasteiger partial charge in [-0.15, -0.1) is 0 Å². The van der Waals surface area contributed by atoms with Crippen LogP contribution in [0.2, 0.25) is 5.02 Å². The summed E-state index contributed by atoms with van der Waals surface area (Å²) in [6.07, 6.45) is 0.364. The van der Waals surface area contributed by atoms with Crippen molar-refractivity contribution in [2.45, 2.75) is 20.5 Å². The summed E-state index contributed by atoms with van der Waals surface area (Å²) >= 11 is 6.47. The zero-order valence-corrected chi connectivity index (χ0v) is 18.9. The summed E-state index contributed by atoms with van der Waals surface area (Å²) in [6.45, 7) is 5.81. The average molecular weight is 454 g/mol. The number of carboxylic acid groups (broad SMARTS) is 1. The largest absolute Gasteiger partial charge is 0.493 e. The molecule has 0 fully saturated rings. The Bertz CT molecular complexity index is 1280. The molecule has 1 N–H and O–H groups in total. The quantitative estimate of drug-likeness (QED) is 0.381. The molecule has 7 nitrogen and oxygen atoms in total. The molecule has 0 radical (unpaired) electrons. The second kappa shape index (κ2) is 8.96. The topological polar surface area (TPSA) is 76.8 Å². The Morgan fingerprint density at radius 2 is 1.88 bits per heavy atom. The fourth-order valence-corrected chi connectivity index (χ4v) is 4.19. The second-order valence-electron chi connectivity index (χ2n) is 7.24. The minimum Gasteiger partial charge on any atom is -0.493 e. The number of hydrogen-bond acceptors (Lipinski definition) is 5. The van der Waals surface area contributed by atoms with Crippen LogP contribution in [0.15, 0.2) is 48.7 Å². The number of ether oxygens (including phenoxy) is 2. The van der Waals surface area contributed by atoms with Crippen LogP contribution >= 0.6 is 11.6 Å². The van der Waals surface area contributed by atoms with Crippen LogP contribution in [0.4, 0.5) is 10.6 Å². The van der Waals surface area contributed by atoms with Crippen LogP contribution in [0.5, 0.6) is 11.5 Å². The van der Waals surface area contributed by atoms with Crippen LogP contribution < -0.4 is 14.4 Å². The molecule has 0 aliphatic rings. The predicted octanol–water partition coefficient (Wildman–Crippen LogP) is 5.80. The lowest BCUT2D eigenvalue weighted by Crippen LogP contribution is -2.23. The van der Waals surface area contributed by atoms with E-state index < -0.39 is 6.09 Å². The Labute approximate surface area is 190 Å². The summed E-state index contributed by atoms with van der Waals surface area (Å²) in [7, 11) is 1.56.